The van der Waals surface area contributed by atoms with Gasteiger partial charge in [-0.25, -0.2) is 5.11 Å². The maximum atomic E-state index is 10.9. The molecule has 1 nitrogen and oxygen atoms in total. The van der Waals surface area contributed by atoms with Crippen LogP contribution in [0.1, 0.15) is 33.1 Å². The number of rotatable bonds is 4. The van der Waals surface area contributed by atoms with Crippen molar-refractivity contribution in [2.45, 2.75) is 43.1 Å². The van der Waals surface area contributed by atoms with Crippen LogP contribution in [0.5, 0.6) is 0 Å². The van der Waals surface area contributed by atoms with Gasteiger partial charge in [0, 0.05) is 3.92 Å². The first-order chi connectivity index (χ1) is 4.16. The van der Waals surface area contributed by atoms with Crippen molar-refractivity contribution in [1.82, 2.24) is 0 Å². The molecule has 2 unspecified atom stereocenters. The Hall–Kier alpha value is 0.690. The van der Waals surface area contributed by atoms with Gasteiger partial charge in [-0.2, -0.15) is 0 Å². The molecule has 1 radical (unpaired) electrons. The highest BCUT2D eigenvalue weighted by atomic mass is 127. The highest BCUT2D eigenvalue weighted by Gasteiger charge is 2.07. The van der Waals surface area contributed by atoms with Crippen LogP contribution in [0, 0.1) is 0 Å². The molecular formula is C7H14IO. The Balaban J connectivity index is 3.15. The maximum Gasteiger partial charge on any atom is 0.0939 e. The normalized spacial score (nSPS) is 17.3. The molecule has 0 heterocycles. The van der Waals surface area contributed by atoms with Gasteiger partial charge in [-0.1, -0.05) is 42.9 Å². The predicted octanol–water partition coefficient (Wildman–Crippen LogP) is 2.80. The summed E-state index contributed by atoms with van der Waals surface area (Å²) in [5.74, 6) is 0. The van der Waals surface area contributed by atoms with Gasteiger partial charge in [-0.15, -0.1) is 0 Å². The molecule has 0 aromatic rings. The van der Waals surface area contributed by atoms with E-state index < -0.39 is 0 Å². The van der Waals surface area contributed by atoms with Crippen molar-refractivity contribution >= 4 is 22.6 Å². The van der Waals surface area contributed by atoms with E-state index in [9.17, 15) is 5.11 Å². The second-order valence-electron chi connectivity index (χ2n) is 2.43. The van der Waals surface area contributed by atoms with E-state index in [1.54, 1.807) is 0 Å². The van der Waals surface area contributed by atoms with Gasteiger partial charge >= 0.3 is 0 Å². The molecule has 2 atom stereocenters. The highest BCUT2D eigenvalue weighted by Crippen LogP contribution is 2.11. The van der Waals surface area contributed by atoms with Crippen molar-refractivity contribution in [3.8, 4) is 0 Å². The van der Waals surface area contributed by atoms with Crippen LogP contribution in [-0.4, -0.2) is 10.0 Å². The third kappa shape index (κ3) is 6.58. The zero-order chi connectivity index (χ0) is 7.28. The summed E-state index contributed by atoms with van der Waals surface area (Å²) in [7, 11) is 0. The van der Waals surface area contributed by atoms with Crippen LogP contribution >= 0.6 is 22.6 Å². The Morgan fingerprint density at radius 3 is 2.44 bits per heavy atom. The zero-order valence-electron chi connectivity index (χ0n) is 6.06. The van der Waals surface area contributed by atoms with Crippen LogP contribution in [0.3, 0.4) is 0 Å². The van der Waals surface area contributed by atoms with Crippen LogP contribution < -0.4 is 0 Å². The third-order valence-corrected chi connectivity index (χ3v) is 1.71. The standard InChI is InChI=1S/C7H14IO/c1-3-4-7(9)5-6(2)8/h6-7H,3-5H2,1-2H3. The molecule has 0 bridgehead atoms. The van der Waals surface area contributed by atoms with E-state index in [0.29, 0.717) is 3.92 Å². The second kappa shape index (κ2) is 5.47. The van der Waals surface area contributed by atoms with E-state index in [4.69, 9.17) is 0 Å². The van der Waals surface area contributed by atoms with Crippen molar-refractivity contribution in [3.05, 3.63) is 0 Å². The minimum absolute atomic E-state index is 0.318. The highest BCUT2D eigenvalue weighted by molar-refractivity contribution is 14.1. The molecule has 0 aliphatic rings. The maximum absolute atomic E-state index is 10.9. The summed E-state index contributed by atoms with van der Waals surface area (Å²) >= 11 is 2.30. The number of alkyl halides is 1. The number of hydrogen-bond donors (Lipinski definition) is 0. The molecule has 0 aromatic carbocycles. The van der Waals surface area contributed by atoms with E-state index in [1.165, 1.54) is 0 Å². The molecule has 0 N–H and O–H groups in total. The first kappa shape index (κ1) is 9.69. The Morgan fingerprint density at radius 2 is 2.11 bits per heavy atom. The quantitative estimate of drug-likeness (QED) is 0.532. The molecule has 0 saturated carbocycles. The van der Waals surface area contributed by atoms with Crippen LogP contribution in [0.4, 0.5) is 0 Å². The second-order valence-corrected chi connectivity index (χ2v) is 4.55. The van der Waals surface area contributed by atoms with Crippen molar-refractivity contribution in [3.63, 3.8) is 0 Å². The fourth-order valence-corrected chi connectivity index (χ4v) is 1.37. The molecule has 0 spiro atoms. The fourth-order valence-electron chi connectivity index (χ4n) is 0.802. The molecule has 9 heavy (non-hydrogen) atoms. The van der Waals surface area contributed by atoms with Gasteiger partial charge in [0.25, 0.3) is 0 Å². The van der Waals surface area contributed by atoms with Crippen LogP contribution in [0.25, 0.3) is 0 Å². The Morgan fingerprint density at radius 1 is 1.56 bits per heavy atom. The molecule has 55 valence electrons. The van der Waals surface area contributed by atoms with Crippen LogP contribution in [-0.2, 0) is 5.11 Å². The summed E-state index contributed by atoms with van der Waals surface area (Å²) < 4.78 is 0.539. The molecule has 0 saturated heterocycles. The average molecular weight is 241 g/mol. The van der Waals surface area contributed by atoms with Crippen LogP contribution in [0.15, 0.2) is 0 Å². The van der Waals surface area contributed by atoms with Gasteiger partial charge in [0.1, 0.15) is 0 Å². The lowest BCUT2D eigenvalue weighted by atomic mass is 10.1. The van der Waals surface area contributed by atoms with Gasteiger partial charge in [0.15, 0.2) is 0 Å². The summed E-state index contributed by atoms with van der Waals surface area (Å²) in [4.78, 5) is 0. The predicted molar refractivity (Wildman–Crippen MR) is 47.5 cm³/mol. The van der Waals surface area contributed by atoms with Crippen molar-refractivity contribution in [1.29, 1.82) is 0 Å². The minimum atomic E-state index is -0.318. The number of hydrogen-bond acceptors (Lipinski definition) is 0. The van der Waals surface area contributed by atoms with Gasteiger partial charge < -0.3 is 0 Å². The topological polar surface area (TPSA) is 19.9 Å². The van der Waals surface area contributed by atoms with Gasteiger partial charge in [-0.05, 0) is 12.8 Å². The third-order valence-electron chi connectivity index (χ3n) is 1.20. The van der Waals surface area contributed by atoms with Crippen molar-refractivity contribution < 1.29 is 5.11 Å². The lowest BCUT2D eigenvalue weighted by Gasteiger charge is -2.06. The first-order valence-corrected chi connectivity index (χ1v) is 4.71. The lowest BCUT2D eigenvalue weighted by Crippen LogP contribution is -2.08. The largest absolute Gasteiger partial charge is 0.233 e. The molecule has 0 rings (SSSR count). The molecule has 0 aliphatic heterocycles. The molecule has 0 aromatic heterocycles. The van der Waals surface area contributed by atoms with E-state index in [0.717, 1.165) is 19.3 Å². The van der Waals surface area contributed by atoms with Crippen molar-refractivity contribution in [2.75, 3.05) is 0 Å². The van der Waals surface area contributed by atoms with E-state index >= 15 is 0 Å². The summed E-state index contributed by atoms with van der Waals surface area (Å²) in [6.07, 6.45) is 2.38. The lowest BCUT2D eigenvalue weighted by molar-refractivity contribution is 0.0746. The number of halogens is 1. The molecule has 0 aliphatic carbocycles. The molecule has 0 fully saturated rings. The Bertz CT molecular complexity index is 63.9. The summed E-state index contributed by atoms with van der Waals surface area (Å²) in [5, 5.41) is 10.9. The summed E-state index contributed by atoms with van der Waals surface area (Å²) in [6, 6.07) is 0. The first-order valence-electron chi connectivity index (χ1n) is 3.46. The minimum Gasteiger partial charge on any atom is -0.233 e. The fraction of sp³-hybridized carbons (Fsp3) is 1.00. The van der Waals surface area contributed by atoms with Gasteiger partial charge in [0.05, 0.1) is 6.10 Å². The van der Waals surface area contributed by atoms with Gasteiger partial charge in [-0.3, -0.25) is 0 Å². The SMILES string of the molecule is CCCC([O])CC(C)I. The smallest absolute Gasteiger partial charge is 0.0939 e. The summed E-state index contributed by atoms with van der Waals surface area (Å²) in [6.45, 7) is 4.14. The van der Waals surface area contributed by atoms with E-state index in [-0.39, 0.29) is 6.10 Å². The van der Waals surface area contributed by atoms with Gasteiger partial charge in [0.2, 0.25) is 0 Å². The Labute approximate surface area is 71.0 Å². The average Bonchev–Trinajstić information content (AvgIpc) is 1.63. The monoisotopic (exact) mass is 241 g/mol. The molecular weight excluding hydrogens is 227 g/mol. The Kier molecular flexibility index (Phi) is 5.89. The van der Waals surface area contributed by atoms with E-state index in [2.05, 4.69) is 36.4 Å². The summed E-state index contributed by atoms with van der Waals surface area (Å²) in [5.41, 5.74) is 0. The van der Waals surface area contributed by atoms with Crippen molar-refractivity contribution in [2.24, 2.45) is 0 Å². The zero-order valence-corrected chi connectivity index (χ0v) is 8.22. The van der Waals surface area contributed by atoms with Crippen LogP contribution in [0.2, 0.25) is 0 Å². The molecule has 2 heteroatoms. The van der Waals surface area contributed by atoms with E-state index in [1.807, 2.05) is 0 Å². The molecule has 0 amide bonds.